The molecule has 0 saturated heterocycles. The van der Waals surface area contributed by atoms with Gasteiger partial charge in [0.25, 0.3) is 0 Å². The number of nitrogens with zero attached hydrogens (tertiary/aromatic N) is 5. The molecule has 1 aromatic carbocycles. The molecule has 0 spiro atoms. The van der Waals surface area contributed by atoms with Crippen molar-refractivity contribution in [3.63, 3.8) is 0 Å². The lowest BCUT2D eigenvalue weighted by molar-refractivity contribution is 0.387. The number of fused-ring (bicyclic) bond motifs is 1. The minimum atomic E-state index is -0.564. The maximum Gasteiger partial charge on any atom is 0.322 e. The number of benzene rings is 1. The quantitative estimate of drug-likeness (QED) is 0.592. The lowest BCUT2D eigenvalue weighted by atomic mass is 10.1. The van der Waals surface area contributed by atoms with E-state index >= 15 is 0 Å². The first-order valence-electron chi connectivity index (χ1n) is 8.00. The number of methoxy groups -OCH3 is 1. The normalized spacial score (nSPS) is 10.9. The highest BCUT2D eigenvalue weighted by Gasteiger charge is 2.17. The van der Waals surface area contributed by atoms with Gasteiger partial charge in [0, 0.05) is 23.5 Å². The number of aryl methyl sites for hydroxylation is 1. The zero-order valence-corrected chi connectivity index (χ0v) is 14.5. The summed E-state index contributed by atoms with van der Waals surface area (Å²) in [4.78, 5) is 12.1. The molecule has 2 N–H and O–H groups in total. The minimum Gasteiger partial charge on any atom is -0.481 e. The molecule has 136 valence electrons. The molecule has 3 aromatic heterocycles. The fraction of sp³-hybridized carbons (Fsp3) is 0.111. The van der Waals surface area contributed by atoms with E-state index in [1.807, 2.05) is 0 Å². The number of anilines is 1. The second-order valence-electron chi connectivity index (χ2n) is 5.73. The van der Waals surface area contributed by atoms with E-state index in [2.05, 4.69) is 20.1 Å². The van der Waals surface area contributed by atoms with Crippen molar-refractivity contribution < 1.29 is 13.9 Å². The Morgan fingerprint density at radius 1 is 1.15 bits per heavy atom. The summed E-state index contributed by atoms with van der Waals surface area (Å²) in [5.74, 6) is 0.176. The number of nitrogens with two attached hydrogens (primary N) is 1. The van der Waals surface area contributed by atoms with Gasteiger partial charge in [0.15, 0.2) is 17.4 Å². The average Bonchev–Trinajstić information content (AvgIpc) is 3.04. The van der Waals surface area contributed by atoms with Gasteiger partial charge in [-0.1, -0.05) is 6.07 Å². The number of hydrogen-bond donors (Lipinski definition) is 1. The number of nitrogen functional groups attached to an aromatic ring is 1. The molecular formula is C18H15FN6O2. The van der Waals surface area contributed by atoms with E-state index < -0.39 is 5.82 Å². The number of rotatable bonds is 4. The molecule has 27 heavy (non-hydrogen) atoms. The van der Waals surface area contributed by atoms with Crippen LogP contribution in [0.3, 0.4) is 0 Å². The molecule has 8 nitrogen and oxygen atoms in total. The molecule has 0 saturated carbocycles. The minimum absolute atomic E-state index is 0.0176. The first kappa shape index (κ1) is 16.7. The van der Waals surface area contributed by atoms with Crippen molar-refractivity contribution >= 4 is 11.3 Å². The van der Waals surface area contributed by atoms with Gasteiger partial charge in [-0.2, -0.15) is 9.61 Å². The fourth-order valence-corrected chi connectivity index (χ4v) is 2.73. The summed E-state index contributed by atoms with van der Waals surface area (Å²) in [6.45, 7) is 1.80. The van der Waals surface area contributed by atoms with Crippen molar-refractivity contribution in [1.82, 2.24) is 24.6 Å². The Morgan fingerprint density at radius 2 is 2.00 bits per heavy atom. The molecule has 0 amide bonds. The van der Waals surface area contributed by atoms with Gasteiger partial charge in [-0.05, 0) is 30.7 Å². The first-order valence-corrected chi connectivity index (χ1v) is 8.00. The van der Waals surface area contributed by atoms with Gasteiger partial charge >= 0.3 is 6.01 Å². The van der Waals surface area contributed by atoms with Crippen molar-refractivity contribution in [1.29, 1.82) is 0 Å². The molecule has 0 unspecified atom stereocenters. The van der Waals surface area contributed by atoms with Crippen LogP contribution in [0.4, 0.5) is 10.2 Å². The molecule has 0 aliphatic carbocycles. The molecule has 0 fully saturated rings. The Labute approximate surface area is 153 Å². The Hall–Kier alpha value is -3.75. The Kier molecular flexibility index (Phi) is 4.03. The van der Waals surface area contributed by atoms with Crippen molar-refractivity contribution in [2.45, 2.75) is 6.92 Å². The molecule has 0 bridgehead atoms. The van der Waals surface area contributed by atoms with Crippen LogP contribution >= 0.6 is 0 Å². The van der Waals surface area contributed by atoms with Crippen LogP contribution in [0.5, 0.6) is 17.6 Å². The Balaban J connectivity index is 1.76. The molecule has 4 aromatic rings. The van der Waals surface area contributed by atoms with Crippen LogP contribution in [-0.4, -0.2) is 31.7 Å². The molecule has 3 heterocycles. The smallest absolute Gasteiger partial charge is 0.322 e. The summed E-state index contributed by atoms with van der Waals surface area (Å²) in [6, 6.07) is 8.08. The van der Waals surface area contributed by atoms with Gasteiger partial charge < -0.3 is 15.2 Å². The van der Waals surface area contributed by atoms with E-state index in [4.69, 9.17) is 15.2 Å². The van der Waals surface area contributed by atoms with E-state index in [1.165, 1.54) is 30.1 Å². The second kappa shape index (κ2) is 6.52. The van der Waals surface area contributed by atoms with Crippen molar-refractivity contribution in [2.75, 3.05) is 12.8 Å². The summed E-state index contributed by atoms with van der Waals surface area (Å²) >= 11 is 0. The third kappa shape index (κ3) is 2.99. The van der Waals surface area contributed by atoms with Crippen molar-refractivity contribution in [3.05, 3.63) is 54.4 Å². The van der Waals surface area contributed by atoms with Crippen LogP contribution < -0.4 is 15.2 Å². The van der Waals surface area contributed by atoms with Gasteiger partial charge in [0.2, 0.25) is 5.88 Å². The van der Waals surface area contributed by atoms with Gasteiger partial charge in [-0.3, -0.25) is 0 Å². The highest BCUT2D eigenvalue weighted by atomic mass is 19.1. The van der Waals surface area contributed by atoms with Gasteiger partial charge in [0.1, 0.15) is 11.8 Å². The molecule has 0 atom stereocenters. The molecule has 4 rings (SSSR count). The van der Waals surface area contributed by atoms with Crippen molar-refractivity contribution in [2.24, 2.45) is 0 Å². The van der Waals surface area contributed by atoms with Crippen LogP contribution in [0.2, 0.25) is 0 Å². The van der Waals surface area contributed by atoms with Crippen molar-refractivity contribution in [3.8, 4) is 28.8 Å². The lowest BCUT2D eigenvalue weighted by Crippen LogP contribution is -2.00. The molecule has 0 aliphatic rings. The summed E-state index contributed by atoms with van der Waals surface area (Å²) < 4.78 is 26.9. The van der Waals surface area contributed by atoms with E-state index in [9.17, 15) is 4.39 Å². The third-order valence-electron chi connectivity index (χ3n) is 3.98. The third-order valence-corrected chi connectivity index (χ3v) is 3.98. The van der Waals surface area contributed by atoms with Gasteiger partial charge in [0.05, 0.1) is 7.11 Å². The van der Waals surface area contributed by atoms with Crippen LogP contribution in [0.25, 0.3) is 16.6 Å². The number of ether oxygens (including phenoxy) is 2. The number of halogens is 1. The molecule has 0 radical (unpaired) electrons. The second-order valence-corrected chi connectivity index (χ2v) is 5.73. The number of aromatic nitrogens is 5. The summed E-state index contributed by atoms with van der Waals surface area (Å²) in [7, 11) is 1.52. The lowest BCUT2D eigenvalue weighted by Gasteiger charge is -2.07. The van der Waals surface area contributed by atoms with E-state index in [1.54, 1.807) is 31.3 Å². The SMILES string of the molecule is COc1cc(-c2ccc(Oc3nccc(C)n3)c(F)c2)c2c(N)ncnn12. The van der Waals surface area contributed by atoms with E-state index in [0.717, 1.165) is 5.69 Å². The largest absolute Gasteiger partial charge is 0.481 e. The Bertz CT molecular complexity index is 1140. The molecule has 9 heteroatoms. The summed E-state index contributed by atoms with van der Waals surface area (Å²) in [5.41, 5.74) is 8.46. The maximum atomic E-state index is 14.6. The highest BCUT2D eigenvalue weighted by Crippen LogP contribution is 2.35. The maximum absolute atomic E-state index is 14.6. The first-order chi connectivity index (χ1) is 13.1. The van der Waals surface area contributed by atoms with Crippen LogP contribution in [0.15, 0.2) is 42.9 Å². The van der Waals surface area contributed by atoms with Crippen LogP contribution in [0.1, 0.15) is 5.69 Å². The highest BCUT2D eigenvalue weighted by molar-refractivity contribution is 5.89. The molecule has 0 aliphatic heterocycles. The standard InChI is InChI=1S/C18H15FN6O2/c1-10-5-6-21-18(24-10)27-14-4-3-11(7-13(14)19)12-8-15(26-2)25-16(12)17(20)22-9-23-25/h3-9H,1-2H3,(H2,20,22,23). The molecular weight excluding hydrogens is 351 g/mol. The van der Waals surface area contributed by atoms with E-state index in [-0.39, 0.29) is 17.6 Å². The van der Waals surface area contributed by atoms with E-state index in [0.29, 0.717) is 22.5 Å². The average molecular weight is 366 g/mol. The van der Waals surface area contributed by atoms with Gasteiger partial charge in [-0.25, -0.2) is 19.3 Å². The fourth-order valence-electron chi connectivity index (χ4n) is 2.73. The monoisotopic (exact) mass is 366 g/mol. The predicted molar refractivity (Wildman–Crippen MR) is 96.2 cm³/mol. The van der Waals surface area contributed by atoms with Gasteiger partial charge in [-0.15, -0.1) is 0 Å². The topological polar surface area (TPSA) is 100 Å². The zero-order valence-electron chi connectivity index (χ0n) is 14.5. The Morgan fingerprint density at radius 3 is 2.74 bits per heavy atom. The predicted octanol–water partition coefficient (Wildman–Crippen LogP) is 3.02. The zero-order chi connectivity index (χ0) is 19.0. The van der Waals surface area contributed by atoms with Crippen LogP contribution in [-0.2, 0) is 0 Å². The summed E-state index contributed by atoms with van der Waals surface area (Å²) in [6.07, 6.45) is 2.88. The number of hydrogen-bond acceptors (Lipinski definition) is 7. The summed E-state index contributed by atoms with van der Waals surface area (Å²) in [5, 5.41) is 4.13. The van der Waals surface area contributed by atoms with Crippen LogP contribution in [0, 0.1) is 12.7 Å².